The average molecular weight is 355 g/mol. The highest BCUT2D eigenvalue weighted by atomic mass is 16.2. The summed E-state index contributed by atoms with van der Waals surface area (Å²) in [5.41, 5.74) is 0.916. The van der Waals surface area contributed by atoms with Crippen molar-refractivity contribution in [2.24, 2.45) is 11.3 Å². The van der Waals surface area contributed by atoms with E-state index in [-0.39, 0.29) is 17.4 Å². The Hall–Kier alpha value is -1.88. The molecule has 1 N–H and O–H groups in total. The van der Waals surface area contributed by atoms with Gasteiger partial charge in [-0.25, -0.2) is 0 Å². The molecule has 1 aliphatic carbocycles. The van der Waals surface area contributed by atoms with Gasteiger partial charge in [0.05, 0.1) is 5.41 Å². The van der Waals surface area contributed by atoms with Gasteiger partial charge in [0, 0.05) is 31.2 Å². The summed E-state index contributed by atoms with van der Waals surface area (Å²) in [4.78, 5) is 29.7. The van der Waals surface area contributed by atoms with E-state index in [4.69, 9.17) is 0 Å². The molecular formula is C21H29N3O2. The summed E-state index contributed by atoms with van der Waals surface area (Å²) >= 11 is 0. The van der Waals surface area contributed by atoms with E-state index in [0.717, 1.165) is 57.5 Å². The molecule has 0 aromatic heterocycles. The SMILES string of the molecule is CCC(=O)N(c1ccccc1)C1CCN(C(=O)C23CCNCC2C3)CC1. The predicted molar refractivity (Wildman–Crippen MR) is 102 cm³/mol. The van der Waals surface area contributed by atoms with E-state index in [1.807, 2.05) is 42.2 Å². The van der Waals surface area contributed by atoms with Crippen LogP contribution in [0.5, 0.6) is 0 Å². The number of anilines is 1. The molecule has 2 heterocycles. The maximum atomic E-state index is 13.1. The van der Waals surface area contributed by atoms with Crippen molar-refractivity contribution in [1.82, 2.24) is 10.2 Å². The number of likely N-dealkylation sites (tertiary alicyclic amines) is 1. The molecule has 26 heavy (non-hydrogen) atoms. The summed E-state index contributed by atoms with van der Waals surface area (Å²) in [5, 5.41) is 3.40. The minimum Gasteiger partial charge on any atom is -0.342 e. The number of para-hydroxylation sites is 1. The van der Waals surface area contributed by atoms with Crippen molar-refractivity contribution >= 4 is 17.5 Å². The first-order valence-electron chi connectivity index (χ1n) is 10.0. The monoisotopic (exact) mass is 355 g/mol. The Morgan fingerprint density at radius 2 is 1.96 bits per heavy atom. The molecule has 2 unspecified atom stereocenters. The van der Waals surface area contributed by atoms with Crippen molar-refractivity contribution < 1.29 is 9.59 Å². The second-order valence-corrected chi connectivity index (χ2v) is 7.99. The van der Waals surface area contributed by atoms with Crippen LogP contribution in [0, 0.1) is 11.3 Å². The first-order valence-corrected chi connectivity index (χ1v) is 10.0. The fourth-order valence-electron chi connectivity index (χ4n) is 4.87. The number of piperidine rings is 2. The molecule has 4 rings (SSSR count). The topological polar surface area (TPSA) is 52.7 Å². The van der Waals surface area contributed by atoms with E-state index in [1.54, 1.807) is 0 Å². The quantitative estimate of drug-likeness (QED) is 0.902. The minimum absolute atomic E-state index is 0.0591. The van der Waals surface area contributed by atoms with Crippen molar-refractivity contribution in [2.45, 2.75) is 45.1 Å². The summed E-state index contributed by atoms with van der Waals surface area (Å²) in [6.45, 7) is 5.42. The first kappa shape index (κ1) is 17.5. The minimum atomic E-state index is -0.0591. The van der Waals surface area contributed by atoms with Gasteiger partial charge in [-0.1, -0.05) is 25.1 Å². The Labute approximate surface area is 155 Å². The third kappa shape index (κ3) is 3.02. The molecule has 1 aromatic rings. The fraction of sp³-hybridized carbons (Fsp3) is 0.619. The number of hydrogen-bond donors (Lipinski definition) is 1. The third-order valence-corrected chi connectivity index (χ3v) is 6.52. The number of fused-ring (bicyclic) bond motifs is 1. The zero-order valence-electron chi connectivity index (χ0n) is 15.6. The molecule has 2 atom stereocenters. The van der Waals surface area contributed by atoms with Gasteiger partial charge in [-0.2, -0.15) is 0 Å². The van der Waals surface area contributed by atoms with E-state index in [1.165, 1.54) is 0 Å². The zero-order chi connectivity index (χ0) is 18.1. The van der Waals surface area contributed by atoms with Crippen LogP contribution in [-0.4, -0.2) is 48.9 Å². The van der Waals surface area contributed by atoms with Crippen molar-refractivity contribution in [3.8, 4) is 0 Å². The standard InChI is InChI=1S/C21H29N3O2/c1-2-19(25)24(17-6-4-3-5-7-17)18-8-12-23(13-9-18)20(26)21-10-11-22-15-16(21)14-21/h3-7,16,18,22H,2,8-15H2,1H3. The van der Waals surface area contributed by atoms with Gasteiger partial charge in [-0.05, 0) is 56.8 Å². The molecule has 0 radical (unpaired) electrons. The van der Waals surface area contributed by atoms with Gasteiger partial charge < -0.3 is 15.1 Å². The van der Waals surface area contributed by atoms with Crippen molar-refractivity contribution in [1.29, 1.82) is 0 Å². The molecule has 5 heteroatoms. The van der Waals surface area contributed by atoms with Crippen LogP contribution in [0.4, 0.5) is 5.69 Å². The van der Waals surface area contributed by atoms with Gasteiger partial charge in [-0.3, -0.25) is 9.59 Å². The third-order valence-electron chi connectivity index (χ3n) is 6.52. The van der Waals surface area contributed by atoms with Crippen molar-refractivity contribution in [2.75, 3.05) is 31.1 Å². The number of rotatable bonds is 4. The molecular weight excluding hydrogens is 326 g/mol. The van der Waals surface area contributed by atoms with Gasteiger partial charge in [0.25, 0.3) is 0 Å². The molecule has 5 nitrogen and oxygen atoms in total. The van der Waals surface area contributed by atoms with E-state index >= 15 is 0 Å². The lowest BCUT2D eigenvalue weighted by molar-refractivity contribution is -0.139. The van der Waals surface area contributed by atoms with Gasteiger partial charge in [0.1, 0.15) is 0 Å². The van der Waals surface area contributed by atoms with Gasteiger partial charge in [0.15, 0.2) is 0 Å². The molecule has 0 spiro atoms. The number of nitrogens with zero attached hydrogens (tertiary/aromatic N) is 2. The average Bonchev–Trinajstić information content (AvgIpc) is 3.45. The second kappa shape index (κ2) is 7.03. The van der Waals surface area contributed by atoms with E-state index in [2.05, 4.69) is 10.2 Å². The summed E-state index contributed by atoms with van der Waals surface area (Å²) in [6, 6.07) is 10.1. The number of carbonyl (C=O) groups is 2. The normalized spacial score (nSPS) is 28.3. The maximum absolute atomic E-state index is 13.1. The van der Waals surface area contributed by atoms with Crippen LogP contribution in [0.2, 0.25) is 0 Å². The van der Waals surface area contributed by atoms with Crippen LogP contribution in [0.25, 0.3) is 0 Å². The summed E-state index contributed by atoms with van der Waals surface area (Å²) in [6.07, 6.45) is 4.28. The van der Waals surface area contributed by atoms with E-state index < -0.39 is 0 Å². The maximum Gasteiger partial charge on any atom is 0.229 e. The summed E-state index contributed by atoms with van der Waals surface area (Å²) in [5.74, 6) is 1.08. The summed E-state index contributed by atoms with van der Waals surface area (Å²) in [7, 11) is 0. The number of amides is 2. The van der Waals surface area contributed by atoms with E-state index in [0.29, 0.717) is 18.2 Å². The number of nitrogens with one attached hydrogen (secondary N) is 1. The highest BCUT2D eigenvalue weighted by molar-refractivity contribution is 5.94. The van der Waals surface area contributed by atoms with Gasteiger partial charge in [0.2, 0.25) is 11.8 Å². The van der Waals surface area contributed by atoms with Gasteiger partial charge in [-0.15, -0.1) is 0 Å². The van der Waals surface area contributed by atoms with Crippen LogP contribution in [0.1, 0.15) is 39.0 Å². The highest BCUT2D eigenvalue weighted by Crippen LogP contribution is 2.57. The smallest absolute Gasteiger partial charge is 0.229 e. The zero-order valence-corrected chi connectivity index (χ0v) is 15.6. The number of hydrogen-bond acceptors (Lipinski definition) is 3. The Kier molecular flexibility index (Phi) is 4.74. The molecule has 1 aromatic carbocycles. The lowest BCUT2D eigenvalue weighted by Gasteiger charge is -2.40. The largest absolute Gasteiger partial charge is 0.342 e. The van der Waals surface area contributed by atoms with Gasteiger partial charge >= 0.3 is 0 Å². The lowest BCUT2D eigenvalue weighted by Crippen LogP contribution is -2.51. The van der Waals surface area contributed by atoms with Crippen LogP contribution >= 0.6 is 0 Å². The molecule has 0 bridgehead atoms. The van der Waals surface area contributed by atoms with Crippen LogP contribution in [0.3, 0.4) is 0 Å². The second-order valence-electron chi connectivity index (χ2n) is 7.99. The van der Waals surface area contributed by atoms with Crippen LogP contribution in [-0.2, 0) is 9.59 Å². The predicted octanol–water partition coefficient (Wildman–Crippen LogP) is 2.42. The molecule has 2 aliphatic heterocycles. The molecule has 2 saturated heterocycles. The summed E-state index contributed by atoms with van der Waals surface area (Å²) < 4.78 is 0. The molecule has 3 fully saturated rings. The fourth-order valence-corrected chi connectivity index (χ4v) is 4.87. The first-order chi connectivity index (χ1) is 12.7. The highest BCUT2D eigenvalue weighted by Gasteiger charge is 2.61. The Morgan fingerprint density at radius 3 is 2.62 bits per heavy atom. The lowest BCUT2D eigenvalue weighted by atomic mass is 9.92. The Morgan fingerprint density at radius 1 is 1.23 bits per heavy atom. The van der Waals surface area contributed by atoms with Crippen LogP contribution in [0.15, 0.2) is 30.3 Å². The number of carbonyl (C=O) groups excluding carboxylic acids is 2. The molecule has 140 valence electrons. The Bertz CT molecular complexity index is 669. The Balaban J connectivity index is 1.42. The van der Waals surface area contributed by atoms with Crippen molar-refractivity contribution in [3.05, 3.63) is 30.3 Å². The van der Waals surface area contributed by atoms with E-state index in [9.17, 15) is 9.59 Å². The molecule has 2 amide bonds. The van der Waals surface area contributed by atoms with Crippen molar-refractivity contribution in [3.63, 3.8) is 0 Å². The number of benzene rings is 1. The van der Waals surface area contributed by atoms with Crippen LogP contribution < -0.4 is 10.2 Å². The molecule has 3 aliphatic rings. The molecule has 1 saturated carbocycles.